The molecular formula is C33H55N5O15. The van der Waals surface area contributed by atoms with E-state index >= 15 is 0 Å². The van der Waals surface area contributed by atoms with Crippen LogP contribution in [0.5, 0.6) is 0 Å². The third-order valence-corrected chi connectivity index (χ3v) is 9.44. The molecule has 3 atom stereocenters. The van der Waals surface area contributed by atoms with E-state index in [0.29, 0.717) is 0 Å². The van der Waals surface area contributed by atoms with Gasteiger partial charge in [0.05, 0.1) is 13.1 Å². The lowest BCUT2D eigenvalue weighted by molar-refractivity contribution is -0.155. The van der Waals surface area contributed by atoms with Crippen molar-refractivity contribution in [3.8, 4) is 0 Å². The first-order chi connectivity index (χ1) is 24.0. The molecule has 3 unspecified atom stereocenters. The molecule has 302 valence electrons. The molecule has 0 aromatic carbocycles. The zero-order chi connectivity index (χ0) is 41.7. The van der Waals surface area contributed by atoms with Crippen LogP contribution in [-0.4, -0.2) is 132 Å². The fraction of sp³-hybridized carbons (Fsp3) is 0.727. The summed E-state index contributed by atoms with van der Waals surface area (Å²) in [5.41, 5.74) is -5.34. The number of urea groups is 1. The Hall–Kier alpha value is -5.01. The number of amides is 4. The van der Waals surface area contributed by atoms with Gasteiger partial charge in [0.1, 0.15) is 18.1 Å². The van der Waals surface area contributed by atoms with Gasteiger partial charge >= 0.3 is 41.8 Å². The van der Waals surface area contributed by atoms with E-state index in [4.69, 9.17) is 5.11 Å². The van der Waals surface area contributed by atoms with Crippen molar-refractivity contribution in [1.29, 1.82) is 0 Å². The van der Waals surface area contributed by atoms with Gasteiger partial charge in [0.15, 0.2) is 0 Å². The summed E-state index contributed by atoms with van der Waals surface area (Å²) in [6.07, 6.45) is -0.652. The van der Waals surface area contributed by atoms with E-state index in [1.807, 2.05) is 5.32 Å². The van der Waals surface area contributed by atoms with Crippen molar-refractivity contribution >= 4 is 53.7 Å². The molecule has 0 fully saturated rings. The number of nitrogens with zero attached hydrogens (tertiary/aromatic N) is 1. The summed E-state index contributed by atoms with van der Waals surface area (Å²) in [4.78, 5) is 109. The fourth-order valence-electron chi connectivity index (χ4n) is 5.74. The molecule has 0 aliphatic carbocycles. The van der Waals surface area contributed by atoms with Gasteiger partial charge in [-0.2, -0.15) is 0 Å². The molecule has 0 aromatic heterocycles. The predicted octanol–water partition coefficient (Wildman–Crippen LogP) is 0.631. The van der Waals surface area contributed by atoms with E-state index in [2.05, 4.69) is 16.0 Å². The lowest BCUT2D eigenvalue weighted by Gasteiger charge is -2.51. The standard InChI is InChI=1S/C33H55N5O15/c1-30(2,27(51)34-14-10-9-11-18(24(45)46)35-29(53)36-19(25(47)48)12-13-20(39)40)17-31(3,4)28(52)37-23(26(49)50)32(5,6)33(7,8)38(15-21(41)42)16-22(43)44/h18-19,23H,9-17H2,1-8H3,(H,34,51)(H,37,52)(H,39,40)(H,41,42)(H,43,44)(H,45,46)(H,47,48)(H,49,50)(H2,35,36,53). The Morgan fingerprint density at radius 3 is 1.43 bits per heavy atom. The molecule has 0 aromatic rings. The minimum absolute atomic E-state index is 0.0676. The molecule has 53 heavy (non-hydrogen) atoms. The Morgan fingerprint density at radius 1 is 0.566 bits per heavy atom. The van der Waals surface area contributed by atoms with Gasteiger partial charge in [-0.15, -0.1) is 0 Å². The van der Waals surface area contributed by atoms with Gasteiger partial charge in [-0.3, -0.25) is 28.9 Å². The number of carbonyl (C=O) groups excluding carboxylic acids is 3. The van der Waals surface area contributed by atoms with Crippen LogP contribution in [0.3, 0.4) is 0 Å². The number of carboxylic acids is 6. The molecule has 0 saturated carbocycles. The van der Waals surface area contributed by atoms with E-state index < -0.39 is 120 Å². The van der Waals surface area contributed by atoms with Crippen molar-refractivity contribution in [2.45, 2.75) is 118 Å². The summed E-state index contributed by atoms with van der Waals surface area (Å²) in [6, 6.07) is -5.70. The maximum absolute atomic E-state index is 13.6. The highest BCUT2D eigenvalue weighted by Gasteiger charge is 2.52. The molecule has 0 aliphatic heterocycles. The lowest BCUT2D eigenvalue weighted by atomic mass is 9.67. The summed E-state index contributed by atoms with van der Waals surface area (Å²) in [7, 11) is 0. The highest BCUT2D eigenvalue weighted by molar-refractivity contribution is 5.89. The van der Waals surface area contributed by atoms with E-state index in [-0.39, 0.29) is 32.2 Å². The first kappa shape index (κ1) is 48.0. The van der Waals surface area contributed by atoms with Crippen LogP contribution in [0.25, 0.3) is 0 Å². The molecule has 4 amide bonds. The molecular weight excluding hydrogens is 706 g/mol. The summed E-state index contributed by atoms with van der Waals surface area (Å²) < 4.78 is 0. The van der Waals surface area contributed by atoms with Gasteiger partial charge < -0.3 is 51.9 Å². The molecule has 20 nitrogen and oxygen atoms in total. The van der Waals surface area contributed by atoms with Crippen LogP contribution >= 0.6 is 0 Å². The topological polar surface area (TPSA) is 326 Å². The van der Waals surface area contributed by atoms with Gasteiger partial charge in [0.2, 0.25) is 11.8 Å². The molecule has 0 heterocycles. The van der Waals surface area contributed by atoms with Crippen LogP contribution < -0.4 is 21.3 Å². The third kappa shape index (κ3) is 15.2. The van der Waals surface area contributed by atoms with Crippen LogP contribution in [0.4, 0.5) is 4.79 Å². The van der Waals surface area contributed by atoms with Gasteiger partial charge in [-0.05, 0) is 46.0 Å². The summed E-state index contributed by atoms with van der Waals surface area (Å²) >= 11 is 0. The minimum Gasteiger partial charge on any atom is -0.481 e. The van der Waals surface area contributed by atoms with Crippen molar-refractivity contribution in [2.75, 3.05) is 19.6 Å². The number of unbranched alkanes of at least 4 members (excludes halogenated alkanes) is 1. The average Bonchev–Trinajstić information content (AvgIpc) is 2.98. The van der Waals surface area contributed by atoms with E-state index in [1.54, 1.807) is 13.8 Å². The maximum Gasteiger partial charge on any atom is 0.326 e. The summed E-state index contributed by atoms with van der Waals surface area (Å²) in [5, 5.41) is 65.7. The highest BCUT2D eigenvalue weighted by Crippen LogP contribution is 2.40. The zero-order valence-electron chi connectivity index (χ0n) is 31.4. The number of nitrogens with one attached hydrogen (secondary N) is 4. The van der Waals surface area contributed by atoms with Crippen LogP contribution in [0, 0.1) is 16.2 Å². The Labute approximate surface area is 307 Å². The number of carboxylic acid groups (broad SMARTS) is 6. The molecule has 0 rings (SSSR count). The quantitative estimate of drug-likeness (QED) is 0.0570. The van der Waals surface area contributed by atoms with Gasteiger partial charge in [-0.1, -0.05) is 41.5 Å². The maximum atomic E-state index is 13.6. The third-order valence-electron chi connectivity index (χ3n) is 9.44. The SMILES string of the molecule is CC(C)(CC(C)(C)C(=O)NC(C(=O)O)C(C)(C)C(C)(C)N(CC(=O)O)CC(=O)O)C(=O)NCCCCC(NC(=O)NC(CCC(=O)O)C(=O)O)C(=O)O. The lowest BCUT2D eigenvalue weighted by Crippen LogP contribution is -2.66. The van der Waals surface area contributed by atoms with Crippen LogP contribution in [0.2, 0.25) is 0 Å². The Morgan fingerprint density at radius 2 is 1.02 bits per heavy atom. The number of carbonyl (C=O) groups is 9. The molecule has 0 bridgehead atoms. The van der Waals surface area contributed by atoms with Crippen molar-refractivity contribution in [1.82, 2.24) is 26.2 Å². The highest BCUT2D eigenvalue weighted by atomic mass is 16.4. The second kappa shape index (κ2) is 19.7. The number of hydrogen-bond acceptors (Lipinski definition) is 10. The first-order valence-corrected chi connectivity index (χ1v) is 16.7. The van der Waals surface area contributed by atoms with Gasteiger partial charge in [0, 0.05) is 34.7 Å². The monoisotopic (exact) mass is 761 g/mol. The predicted molar refractivity (Wildman–Crippen MR) is 185 cm³/mol. The van der Waals surface area contributed by atoms with Crippen molar-refractivity contribution in [3.05, 3.63) is 0 Å². The van der Waals surface area contributed by atoms with Crippen LogP contribution in [-0.2, 0) is 38.4 Å². The van der Waals surface area contributed by atoms with Crippen molar-refractivity contribution in [2.24, 2.45) is 16.2 Å². The number of rotatable bonds is 25. The molecule has 0 saturated heterocycles. The van der Waals surface area contributed by atoms with Crippen molar-refractivity contribution < 1.29 is 73.8 Å². The summed E-state index contributed by atoms with van der Waals surface area (Å²) in [5.74, 6) is -9.50. The van der Waals surface area contributed by atoms with Crippen LogP contribution in [0.15, 0.2) is 0 Å². The average molecular weight is 762 g/mol. The second-order valence-corrected chi connectivity index (χ2v) is 15.2. The fourth-order valence-corrected chi connectivity index (χ4v) is 5.74. The Kier molecular flexibility index (Phi) is 17.9. The smallest absolute Gasteiger partial charge is 0.326 e. The second-order valence-electron chi connectivity index (χ2n) is 15.2. The molecule has 0 spiro atoms. The summed E-state index contributed by atoms with van der Waals surface area (Å²) in [6.45, 7) is 10.7. The van der Waals surface area contributed by atoms with E-state index in [1.165, 1.54) is 41.5 Å². The number of hydrogen-bond donors (Lipinski definition) is 10. The number of aliphatic carboxylic acids is 6. The largest absolute Gasteiger partial charge is 0.481 e. The van der Waals surface area contributed by atoms with Crippen molar-refractivity contribution in [3.63, 3.8) is 0 Å². The Bertz CT molecular complexity index is 1380. The normalized spacial score (nSPS) is 13.9. The molecule has 10 N–H and O–H groups in total. The Balaban J connectivity index is 5.46. The minimum atomic E-state index is -1.61. The van der Waals surface area contributed by atoms with Gasteiger partial charge in [0.25, 0.3) is 0 Å². The molecule has 20 heteroatoms. The molecule has 0 radical (unpaired) electrons. The zero-order valence-corrected chi connectivity index (χ0v) is 31.4. The van der Waals surface area contributed by atoms with Crippen LogP contribution in [0.1, 0.15) is 93.9 Å². The van der Waals surface area contributed by atoms with Gasteiger partial charge in [-0.25, -0.2) is 19.2 Å². The molecule has 0 aliphatic rings. The van der Waals surface area contributed by atoms with E-state index in [0.717, 1.165) is 4.90 Å². The first-order valence-electron chi connectivity index (χ1n) is 16.7. The van der Waals surface area contributed by atoms with E-state index in [9.17, 15) is 68.7 Å².